The van der Waals surface area contributed by atoms with Crippen molar-refractivity contribution in [3.05, 3.63) is 59.3 Å². The third-order valence-electron chi connectivity index (χ3n) is 7.66. The van der Waals surface area contributed by atoms with Crippen LogP contribution in [0.2, 0.25) is 0 Å². The number of carbonyl (C=O) groups excluding carboxylic acids is 3. The van der Waals surface area contributed by atoms with Crippen LogP contribution in [0.4, 0.5) is 10.6 Å². The van der Waals surface area contributed by atoms with Crippen molar-refractivity contribution in [2.75, 3.05) is 44.7 Å². The molecule has 9 nitrogen and oxygen atoms in total. The summed E-state index contributed by atoms with van der Waals surface area (Å²) in [6.45, 7) is 8.98. The lowest BCUT2D eigenvalue weighted by molar-refractivity contribution is -0.142. The molecule has 2 aliphatic heterocycles. The maximum absolute atomic E-state index is 13.1. The summed E-state index contributed by atoms with van der Waals surface area (Å²) in [5.41, 5.74) is 2.31. The van der Waals surface area contributed by atoms with E-state index in [2.05, 4.69) is 22.3 Å². The van der Waals surface area contributed by atoms with Gasteiger partial charge in [-0.05, 0) is 89.6 Å². The number of benzene rings is 1. The van der Waals surface area contributed by atoms with Gasteiger partial charge in [0.15, 0.2) is 0 Å². The Morgan fingerprint density at radius 3 is 2.59 bits per heavy atom. The molecule has 0 radical (unpaired) electrons. The van der Waals surface area contributed by atoms with Gasteiger partial charge in [-0.3, -0.25) is 14.5 Å². The van der Waals surface area contributed by atoms with E-state index >= 15 is 0 Å². The fraction of sp³-hybridized carbons (Fsp3) is 0.562. The average Bonchev–Trinajstić information content (AvgIpc) is 2.96. The van der Waals surface area contributed by atoms with Crippen LogP contribution in [-0.4, -0.2) is 73.3 Å². The number of ether oxygens (including phenoxy) is 2. The number of amides is 2. The number of methoxy groups -OCH3 is 1. The predicted octanol–water partition coefficient (Wildman–Crippen LogP) is 4.49. The zero-order valence-electron chi connectivity index (χ0n) is 24.9. The Kier molecular flexibility index (Phi) is 10.4. The minimum atomic E-state index is -0.555. The number of hydrogen-bond donors (Lipinski definition) is 1. The number of likely N-dealkylation sites (tertiary alicyclic amines) is 1. The normalized spacial score (nSPS) is 18.2. The van der Waals surface area contributed by atoms with E-state index < -0.39 is 11.5 Å². The van der Waals surface area contributed by atoms with Crippen LogP contribution in [-0.2, 0) is 31.9 Å². The summed E-state index contributed by atoms with van der Waals surface area (Å²) in [5.74, 6) is -0.286. The van der Waals surface area contributed by atoms with Crippen LogP contribution in [0.3, 0.4) is 0 Å². The number of esters is 1. The summed E-state index contributed by atoms with van der Waals surface area (Å²) in [6, 6.07) is 13.6. The van der Waals surface area contributed by atoms with Crippen molar-refractivity contribution in [3.63, 3.8) is 0 Å². The van der Waals surface area contributed by atoms with Gasteiger partial charge in [-0.2, -0.15) is 0 Å². The second-order valence-electron chi connectivity index (χ2n) is 12.0. The summed E-state index contributed by atoms with van der Waals surface area (Å²) in [4.78, 5) is 47.1. The first-order valence-corrected chi connectivity index (χ1v) is 14.8. The zero-order chi connectivity index (χ0) is 29.4. The molecule has 0 saturated carbocycles. The Hall–Kier alpha value is -3.46. The van der Waals surface area contributed by atoms with Crippen LogP contribution in [0, 0.1) is 5.92 Å². The van der Waals surface area contributed by atoms with E-state index in [1.54, 1.807) is 4.90 Å². The highest BCUT2D eigenvalue weighted by Gasteiger charge is 2.30. The van der Waals surface area contributed by atoms with E-state index in [1.807, 2.05) is 51.1 Å². The first kappa shape index (κ1) is 30.5. The number of carbonyl (C=O) groups is 3. The number of nitrogens with zero attached hydrogens (tertiary/aromatic N) is 3. The first-order chi connectivity index (χ1) is 19.6. The third-order valence-corrected chi connectivity index (χ3v) is 7.66. The molecule has 2 amide bonds. The van der Waals surface area contributed by atoms with Crippen molar-refractivity contribution in [3.8, 4) is 0 Å². The molecular formula is C32H44N4O5. The van der Waals surface area contributed by atoms with E-state index in [9.17, 15) is 14.4 Å². The number of pyridine rings is 1. The molecule has 1 fully saturated rings. The van der Waals surface area contributed by atoms with Gasteiger partial charge >= 0.3 is 12.1 Å². The predicted molar refractivity (Wildman–Crippen MR) is 158 cm³/mol. The van der Waals surface area contributed by atoms with Gasteiger partial charge < -0.3 is 19.7 Å². The van der Waals surface area contributed by atoms with Gasteiger partial charge in [0.1, 0.15) is 11.4 Å². The lowest BCUT2D eigenvalue weighted by Crippen LogP contribution is -2.44. The van der Waals surface area contributed by atoms with Crippen LogP contribution in [0.5, 0.6) is 0 Å². The minimum absolute atomic E-state index is 0.0156. The molecule has 2 aliphatic rings. The molecule has 2 aromatic rings. The summed E-state index contributed by atoms with van der Waals surface area (Å²) >= 11 is 0. The van der Waals surface area contributed by atoms with Crippen LogP contribution in [0.15, 0.2) is 42.5 Å². The van der Waals surface area contributed by atoms with Crippen molar-refractivity contribution < 1.29 is 23.9 Å². The SMILES string of the molecule is COC(=O)[C@@H](CNC(=O)[C@@H]1CCCN(CCCc2ccc3c(n2)N(C(=O)OC(C)(C)C)CCC3)C1)c1ccccc1. The van der Waals surface area contributed by atoms with Gasteiger partial charge in [0.05, 0.1) is 18.9 Å². The molecular weight excluding hydrogens is 520 g/mol. The maximum atomic E-state index is 13.1. The molecule has 1 saturated heterocycles. The number of piperidine rings is 1. The summed E-state index contributed by atoms with van der Waals surface area (Å²) in [5, 5.41) is 3.01. The highest BCUT2D eigenvalue weighted by Crippen LogP contribution is 2.27. The molecule has 3 heterocycles. The molecule has 1 aromatic heterocycles. The molecule has 0 unspecified atom stereocenters. The molecule has 0 spiro atoms. The van der Waals surface area contributed by atoms with Crippen LogP contribution < -0.4 is 10.2 Å². The molecule has 0 aliphatic carbocycles. The highest BCUT2D eigenvalue weighted by atomic mass is 16.6. The fourth-order valence-corrected chi connectivity index (χ4v) is 5.58. The molecule has 0 bridgehead atoms. The van der Waals surface area contributed by atoms with E-state index in [4.69, 9.17) is 14.5 Å². The largest absolute Gasteiger partial charge is 0.468 e. The number of fused-ring (bicyclic) bond motifs is 1. The zero-order valence-corrected chi connectivity index (χ0v) is 24.9. The maximum Gasteiger partial charge on any atom is 0.416 e. The number of nitrogens with one attached hydrogen (secondary N) is 1. The quantitative estimate of drug-likeness (QED) is 0.448. The van der Waals surface area contributed by atoms with E-state index in [0.29, 0.717) is 13.1 Å². The molecule has 1 aromatic carbocycles. The van der Waals surface area contributed by atoms with Gasteiger partial charge in [-0.15, -0.1) is 0 Å². The monoisotopic (exact) mass is 564 g/mol. The van der Waals surface area contributed by atoms with Crippen molar-refractivity contribution in [2.45, 2.75) is 70.8 Å². The van der Waals surface area contributed by atoms with Crippen molar-refractivity contribution in [2.24, 2.45) is 5.92 Å². The molecule has 4 rings (SSSR count). The Morgan fingerprint density at radius 2 is 1.85 bits per heavy atom. The molecule has 1 N–H and O–H groups in total. The summed E-state index contributed by atoms with van der Waals surface area (Å²) in [6.07, 6.45) is 4.95. The van der Waals surface area contributed by atoms with Crippen molar-refractivity contribution in [1.82, 2.24) is 15.2 Å². The number of aromatic nitrogens is 1. The molecule has 2 atom stereocenters. The Morgan fingerprint density at radius 1 is 1.07 bits per heavy atom. The Balaban J connectivity index is 1.28. The van der Waals surface area contributed by atoms with Crippen LogP contribution in [0.1, 0.15) is 69.2 Å². The Bertz CT molecular complexity index is 1200. The second-order valence-corrected chi connectivity index (χ2v) is 12.0. The second kappa shape index (κ2) is 13.9. The first-order valence-electron chi connectivity index (χ1n) is 14.8. The van der Waals surface area contributed by atoms with Gasteiger partial charge in [-0.25, -0.2) is 9.78 Å². The number of anilines is 1. The van der Waals surface area contributed by atoms with E-state index in [-0.39, 0.29) is 30.4 Å². The smallest absolute Gasteiger partial charge is 0.416 e. The molecule has 222 valence electrons. The van der Waals surface area contributed by atoms with Crippen molar-refractivity contribution in [1.29, 1.82) is 0 Å². The van der Waals surface area contributed by atoms with E-state index in [1.165, 1.54) is 7.11 Å². The highest BCUT2D eigenvalue weighted by molar-refractivity contribution is 5.88. The summed E-state index contributed by atoms with van der Waals surface area (Å²) in [7, 11) is 1.37. The molecule has 9 heteroatoms. The summed E-state index contributed by atoms with van der Waals surface area (Å²) < 4.78 is 10.6. The lowest BCUT2D eigenvalue weighted by atomic mass is 9.95. The average molecular weight is 565 g/mol. The van der Waals surface area contributed by atoms with E-state index in [0.717, 1.165) is 74.3 Å². The number of rotatable bonds is 9. The molecule has 41 heavy (non-hydrogen) atoms. The van der Waals surface area contributed by atoms with Gasteiger partial charge in [0, 0.05) is 25.3 Å². The number of aryl methyl sites for hydroxylation is 2. The van der Waals surface area contributed by atoms with Crippen molar-refractivity contribution >= 4 is 23.8 Å². The minimum Gasteiger partial charge on any atom is -0.468 e. The topological polar surface area (TPSA) is 101 Å². The third kappa shape index (κ3) is 8.52. The standard InChI is InChI=1S/C32H44N4O5/c1-32(2,3)41-31(39)36-20-9-13-24-16-17-26(34-28(24)36)15-10-19-35-18-8-14-25(22-35)29(37)33-21-27(30(38)40-4)23-11-6-5-7-12-23/h5-7,11-12,16-17,25,27H,8-10,13-15,18-22H2,1-4H3,(H,33,37)/t25-,27+/m1/s1. The van der Waals surface area contributed by atoms with Gasteiger partial charge in [-0.1, -0.05) is 36.4 Å². The lowest BCUT2D eigenvalue weighted by Gasteiger charge is -2.32. The van der Waals surface area contributed by atoms with Gasteiger partial charge in [0.25, 0.3) is 0 Å². The fourth-order valence-electron chi connectivity index (χ4n) is 5.58. The van der Waals surface area contributed by atoms with Crippen LogP contribution in [0.25, 0.3) is 0 Å². The van der Waals surface area contributed by atoms with Gasteiger partial charge in [0.2, 0.25) is 5.91 Å². The number of hydrogen-bond acceptors (Lipinski definition) is 7. The van der Waals surface area contributed by atoms with Crippen LogP contribution >= 0.6 is 0 Å². The Labute approximate surface area is 243 Å².